The number of aromatic nitrogens is 1. The molecule has 1 saturated heterocycles. The Morgan fingerprint density at radius 3 is 2.68 bits per heavy atom. The summed E-state index contributed by atoms with van der Waals surface area (Å²) in [7, 11) is 0. The third-order valence-electron chi connectivity index (χ3n) is 3.95. The van der Waals surface area contributed by atoms with E-state index < -0.39 is 5.82 Å². The maximum absolute atomic E-state index is 13.4. The van der Waals surface area contributed by atoms with Crippen molar-refractivity contribution in [3.05, 3.63) is 29.8 Å². The molecule has 19 heavy (non-hydrogen) atoms. The molecule has 2 heterocycles. The van der Waals surface area contributed by atoms with Crippen LogP contribution in [0.5, 0.6) is 0 Å². The van der Waals surface area contributed by atoms with Gasteiger partial charge in [-0.05, 0) is 31.7 Å². The number of rotatable bonds is 3. The zero-order valence-corrected chi connectivity index (χ0v) is 10.8. The van der Waals surface area contributed by atoms with E-state index in [1.165, 1.54) is 25.1 Å². The average molecular weight is 263 g/mol. The van der Waals surface area contributed by atoms with Crippen LogP contribution < -0.4 is 5.32 Å². The third kappa shape index (κ3) is 2.92. The van der Waals surface area contributed by atoms with Gasteiger partial charge in [0.05, 0.1) is 11.8 Å². The van der Waals surface area contributed by atoms with Crippen LogP contribution in [-0.2, 0) is 0 Å². The van der Waals surface area contributed by atoms with Gasteiger partial charge in [0.1, 0.15) is 0 Å². The molecule has 0 atom stereocenters. The number of halogens is 1. The topological polar surface area (TPSA) is 45.2 Å². The first-order valence-corrected chi connectivity index (χ1v) is 6.88. The maximum atomic E-state index is 13.4. The van der Waals surface area contributed by atoms with Gasteiger partial charge in [-0.15, -0.1) is 0 Å². The van der Waals surface area contributed by atoms with Gasteiger partial charge in [-0.2, -0.15) is 0 Å². The second kappa shape index (κ2) is 5.25. The Morgan fingerprint density at radius 1 is 1.32 bits per heavy atom. The number of nitrogens with one attached hydrogen (secondary N) is 1. The molecule has 1 N–H and O–H groups in total. The highest BCUT2D eigenvalue weighted by Gasteiger charge is 2.32. The smallest absolute Gasteiger partial charge is 0.254 e. The summed E-state index contributed by atoms with van der Waals surface area (Å²) in [5.74, 6) is -0.889. The highest BCUT2D eigenvalue weighted by molar-refractivity contribution is 5.94. The second-order valence-corrected chi connectivity index (χ2v) is 5.37. The van der Waals surface area contributed by atoms with Gasteiger partial charge in [0.15, 0.2) is 5.82 Å². The van der Waals surface area contributed by atoms with Gasteiger partial charge < -0.3 is 10.2 Å². The van der Waals surface area contributed by atoms with Gasteiger partial charge >= 0.3 is 0 Å². The van der Waals surface area contributed by atoms with Gasteiger partial charge in [-0.1, -0.05) is 0 Å². The number of pyridine rings is 1. The second-order valence-electron chi connectivity index (χ2n) is 5.37. The summed E-state index contributed by atoms with van der Waals surface area (Å²) < 4.78 is 13.4. The number of carbonyl (C=O) groups excluding carboxylic acids is 1. The molecule has 1 aromatic heterocycles. The Bertz CT molecular complexity index is 468. The van der Waals surface area contributed by atoms with Crippen molar-refractivity contribution in [3.8, 4) is 0 Å². The molecule has 4 nitrogen and oxygen atoms in total. The number of hydrogen-bond donors (Lipinski definition) is 1. The van der Waals surface area contributed by atoms with Crippen LogP contribution in [0.2, 0.25) is 0 Å². The van der Waals surface area contributed by atoms with Crippen molar-refractivity contribution in [2.45, 2.75) is 37.8 Å². The number of amides is 1. The Labute approximate surface area is 112 Å². The lowest BCUT2D eigenvalue weighted by Crippen LogP contribution is -2.45. The Hall–Kier alpha value is -1.49. The highest BCUT2D eigenvalue weighted by atomic mass is 19.1. The third-order valence-corrected chi connectivity index (χ3v) is 3.95. The van der Waals surface area contributed by atoms with Gasteiger partial charge in [0, 0.05) is 31.4 Å². The van der Waals surface area contributed by atoms with Crippen molar-refractivity contribution in [1.29, 1.82) is 0 Å². The van der Waals surface area contributed by atoms with Crippen molar-refractivity contribution in [1.82, 2.24) is 15.2 Å². The fraction of sp³-hybridized carbons (Fsp3) is 0.571. The lowest BCUT2D eigenvalue weighted by atomic mass is 10.0. The molecule has 0 unspecified atom stereocenters. The van der Waals surface area contributed by atoms with Crippen LogP contribution in [0.25, 0.3) is 0 Å². The van der Waals surface area contributed by atoms with Crippen molar-refractivity contribution in [2.75, 3.05) is 13.1 Å². The quantitative estimate of drug-likeness (QED) is 0.900. The summed E-state index contributed by atoms with van der Waals surface area (Å²) in [6, 6.07) is 2.37. The van der Waals surface area contributed by atoms with Crippen molar-refractivity contribution in [3.63, 3.8) is 0 Å². The number of carbonyl (C=O) groups is 1. The minimum absolute atomic E-state index is 0.0830. The first-order chi connectivity index (χ1) is 9.24. The van der Waals surface area contributed by atoms with Crippen LogP contribution in [0.1, 0.15) is 36.0 Å². The van der Waals surface area contributed by atoms with Crippen molar-refractivity contribution < 1.29 is 9.18 Å². The number of nitrogens with zero attached hydrogens (tertiary/aromatic N) is 2. The summed E-state index contributed by atoms with van der Waals surface area (Å²) in [5, 5.41) is 2.92. The monoisotopic (exact) mass is 263 g/mol. The van der Waals surface area contributed by atoms with Crippen LogP contribution >= 0.6 is 0 Å². The molecule has 0 aromatic carbocycles. The molecular formula is C14H18FN3O. The largest absolute Gasteiger partial charge is 0.349 e. The lowest BCUT2D eigenvalue weighted by Gasteiger charge is -2.32. The molecule has 1 aromatic rings. The van der Waals surface area contributed by atoms with Gasteiger partial charge in [0.2, 0.25) is 0 Å². The molecule has 1 amide bonds. The molecule has 0 spiro atoms. The van der Waals surface area contributed by atoms with E-state index in [2.05, 4.69) is 15.2 Å². The van der Waals surface area contributed by atoms with Gasteiger partial charge in [-0.3, -0.25) is 9.78 Å². The predicted molar refractivity (Wildman–Crippen MR) is 69.3 cm³/mol. The molecule has 1 aliphatic carbocycles. The molecule has 2 fully saturated rings. The van der Waals surface area contributed by atoms with Gasteiger partial charge in [0.25, 0.3) is 5.91 Å². The SMILES string of the molecule is O=C(NC1CCN(C2CC2)CC1)c1ccncc1F. The van der Waals surface area contributed by atoms with Crippen LogP contribution in [0.3, 0.4) is 0 Å². The first kappa shape index (κ1) is 12.5. The fourth-order valence-electron chi connectivity index (χ4n) is 2.67. The van der Waals surface area contributed by atoms with Crippen LogP contribution in [0.15, 0.2) is 18.5 Å². The summed E-state index contributed by atoms with van der Waals surface area (Å²) in [4.78, 5) is 18.1. The highest BCUT2D eigenvalue weighted by Crippen LogP contribution is 2.29. The molecule has 3 rings (SSSR count). The van der Waals surface area contributed by atoms with E-state index in [0.717, 1.165) is 38.2 Å². The summed E-state index contributed by atoms with van der Waals surface area (Å²) in [5.41, 5.74) is 0.0830. The number of likely N-dealkylation sites (tertiary alicyclic amines) is 1. The van der Waals surface area contributed by atoms with E-state index in [9.17, 15) is 9.18 Å². The minimum atomic E-state index is -0.560. The van der Waals surface area contributed by atoms with E-state index in [1.54, 1.807) is 0 Å². The molecule has 0 radical (unpaired) electrons. The van der Waals surface area contributed by atoms with E-state index >= 15 is 0 Å². The van der Waals surface area contributed by atoms with Gasteiger partial charge in [-0.25, -0.2) is 4.39 Å². The summed E-state index contributed by atoms with van der Waals surface area (Å²) >= 11 is 0. The Kier molecular flexibility index (Phi) is 3.46. The van der Waals surface area contributed by atoms with Crippen molar-refractivity contribution in [2.24, 2.45) is 0 Å². The first-order valence-electron chi connectivity index (χ1n) is 6.88. The molecule has 1 aliphatic heterocycles. The lowest BCUT2D eigenvalue weighted by molar-refractivity contribution is 0.0905. The molecule has 2 aliphatic rings. The standard InChI is InChI=1S/C14H18FN3O/c15-13-9-16-6-3-12(13)14(19)17-10-4-7-18(8-5-10)11-1-2-11/h3,6,9-11H,1-2,4-5,7-8H2,(H,17,19). The minimum Gasteiger partial charge on any atom is -0.349 e. The molecular weight excluding hydrogens is 245 g/mol. The fourth-order valence-corrected chi connectivity index (χ4v) is 2.67. The average Bonchev–Trinajstić information content (AvgIpc) is 3.24. The van der Waals surface area contributed by atoms with E-state index in [0.29, 0.717) is 0 Å². The zero-order chi connectivity index (χ0) is 13.2. The summed E-state index contributed by atoms with van der Waals surface area (Å²) in [6.07, 6.45) is 7.06. The Morgan fingerprint density at radius 2 is 2.05 bits per heavy atom. The zero-order valence-electron chi connectivity index (χ0n) is 10.8. The van der Waals surface area contributed by atoms with Crippen molar-refractivity contribution >= 4 is 5.91 Å². The van der Waals surface area contributed by atoms with Crippen LogP contribution in [0, 0.1) is 5.82 Å². The van der Waals surface area contributed by atoms with E-state index in [-0.39, 0.29) is 17.5 Å². The maximum Gasteiger partial charge on any atom is 0.254 e. The Balaban J connectivity index is 1.54. The van der Waals surface area contributed by atoms with Crippen LogP contribution in [-0.4, -0.2) is 41.0 Å². The molecule has 1 saturated carbocycles. The molecule has 102 valence electrons. The predicted octanol–water partition coefficient (Wildman–Crippen LogP) is 1.58. The van der Waals surface area contributed by atoms with Crippen LogP contribution in [0.4, 0.5) is 4.39 Å². The normalized spacial score (nSPS) is 21.3. The number of piperidine rings is 1. The van der Waals surface area contributed by atoms with E-state index in [4.69, 9.17) is 0 Å². The molecule has 5 heteroatoms. The molecule has 0 bridgehead atoms. The summed E-state index contributed by atoms with van der Waals surface area (Å²) in [6.45, 7) is 2.07. The van der Waals surface area contributed by atoms with E-state index in [1.807, 2.05) is 0 Å². The number of hydrogen-bond acceptors (Lipinski definition) is 3.